The smallest absolute Gasteiger partial charge is 0.418 e. The van der Waals surface area contributed by atoms with Crippen LogP contribution in [0.4, 0.5) is 13.2 Å². The summed E-state index contributed by atoms with van der Waals surface area (Å²) in [4.78, 5) is 29.3. The second-order valence-electron chi connectivity index (χ2n) is 9.92. The van der Waals surface area contributed by atoms with Crippen molar-refractivity contribution in [3.05, 3.63) is 118 Å². The Morgan fingerprint density at radius 3 is 2.38 bits per heavy atom. The van der Waals surface area contributed by atoms with Crippen LogP contribution in [0.1, 0.15) is 47.3 Å². The Kier molecular flexibility index (Phi) is 8.98. The van der Waals surface area contributed by atoms with Gasteiger partial charge >= 0.3 is 17.8 Å². The first-order valence-electron chi connectivity index (χ1n) is 13.6. The molecule has 0 fully saturated rings. The van der Waals surface area contributed by atoms with Gasteiger partial charge in [0.1, 0.15) is 5.82 Å². The van der Waals surface area contributed by atoms with Crippen LogP contribution in [0.2, 0.25) is 5.15 Å². The predicted molar refractivity (Wildman–Crippen MR) is 159 cm³/mol. The highest BCUT2D eigenvalue weighted by atomic mass is 35.5. The minimum Gasteiger partial charge on any atom is -0.437 e. The fraction of sp³-hybridized carbons (Fsp3) is 0.200. The fourth-order valence-electron chi connectivity index (χ4n) is 4.69. The average Bonchev–Trinajstić information content (AvgIpc) is 3.58. The molecule has 0 aliphatic carbocycles. The van der Waals surface area contributed by atoms with Gasteiger partial charge in [-0.15, -0.1) is 5.10 Å². The Hall–Kier alpha value is -4.69. The van der Waals surface area contributed by atoms with Gasteiger partial charge in [0.15, 0.2) is 11.5 Å². The van der Waals surface area contributed by atoms with Crippen molar-refractivity contribution in [2.24, 2.45) is 0 Å². The van der Waals surface area contributed by atoms with Crippen LogP contribution in [0, 0.1) is 0 Å². The molecule has 0 aliphatic heterocycles. The Morgan fingerprint density at radius 2 is 1.71 bits per heavy atom. The van der Waals surface area contributed by atoms with Crippen molar-refractivity contribution in [1.82, 2.24) is 24.1 Å². The van der Waals surface area contributed by atoms with E-state index in [4.69, 9.17) is 16.0 Å². The van der Waals surface area contributed by atoms with E-state index >= 15 is 0 Å². The number of unbranched alkanes of at least 4 members (excludes halogenated alkanes) is 1. The van der Waals surface area contributed by atoms with E-state index in [0.29, 0.717) is 29.8 Å². The maximum Gasteiger partial charge on any atom is 0.418 e. The number of hydrogen-bond acceptors (Lipinski definition) is 7. The lowest BCUT2D eigenvalue weighted by atomic mass is 10.0. The Bertz CT molecular complexity index is 2020. The quantitative estimate of drug-likeness (QED) is 0.199. The molecule has 0 spiro atoms. The first kappa shape index (κ1) is 31.7. The summed E-state index contributed by atoms with van der Waals surface area (Å²) < 4.78 is 76.4. The van der Waals surface area contributed by atoms with Crippen LogP contribution in [0.15, 0.2) is 93.3 Å². The lowest BCUT2D eigenvalue weighted by Gasteiger charge is -2.12. The largest absolute Gasteiger partial charge is 0.437 e. The molecule has 0 saturated carbocycles. The molecule has 0 saturated heterocycles. The van der Waals surface area contributed by atoms with Gasteiger partial charge in [-0.25, -0.2) is 22.9 Å². The number of nitrogens with zero attached hydrogens (tertiary/aromatic N) is 4. The van der Waals surface area contributed by atoms with Crippen LogP contribution < -0.4 is 10.4 Å². The standard InChI is InChI=1S/C30H25ClF3N5O5S/c1-2-3-12-25-36-39(23-10-6-5-9-22(23)30(32,33)34)29(41)38(25)17-19-13-15-20(16-14-19)21-8-4-7-11-24(21)45(42,43)37-28(40)26-27(31)35-18-44-26/h4-11,13-16,18H,2-3,12,17H2,1H3,(H,37,40). The molecule has 0 atom stereocenters. The summed E-state index contributed by atoms with van der Waals surface area (Å²) in [6.45, 7) is 1.96. The highest BCUT2D eigenvalue weighted by Crippen LogP contribution is 2.33. The average molecular weight is 660 g/mol. The minimum atomic E-state index is -4.69. The first-order valence-corrected chi connectivity index (χ1v) is 15.5. The number of aryl methyl sites for hydroxylation is 1. The van der Waals surface area contributed by atoms with E-state index in [2.05, 4.69) is 10.1 Å². The highest BCUT2D eigenvalue weighted by molar-refractivity contribution is 7.90. The Balaban J connectivity index is 1.46. The zero-order chi connectivity index (χ0) is 32.4. The molecule has 5 aromatic rings. The molecule has 1 amide bonds. The van der Waals surface area contributed by atoms with Gasteiger partial charge in [-0.05, 0) is 35.7 Å². The van der Waals surface area contributed by atoms with Crippen molar-refractivity contribution in [2.45, 2.75) is 43.8 Å². The Morgan fingerprint density at radius 1 is 1.02 bits per heavy atom. The molecular formula is C30H25ClF3N5O5S. The summed E-state index contributed by atoms with van der Waals surface area (Å²) in [5.41, 5.74) is -0.672. The van der Waals surface area contributed by atoms with Crippen molar-refractivity contribution in [2.75, 3.05) is 0 Å². The van der Waals surface area contributed by atoms with Gasteiger partial charge in [-0.3, -0.25) is 9.36 Å². The summed E-state index contributed by atoms with van der Waals surface area (Å²) in [6, 6.07) is 17.4. The van der Waals surface area contributed by atoms with E-state index < -0.39 is 39.1 Å². The van der Waals surface area contributed by atoms with Gasteiger partial charge in [0.25, 0.3) is 10.0 Å². The van der Waals surface area contributed by atoms with Crippen molar-refractivity contribution < 1.29 is 30.8 Å². The molecule has 234 valence electrons. The summed E-state index contributed by atoms with van der Waals surface area (Å²) in [5.74, 6) is -1.21. The molecular weight excluding hydrogens is 635 g/mol. The molecule has 0 radical (unpaired) electrons. The zero-order valence-corrected chi connectivity index (χ0v) is 25.2. The number of hydrogen-bond donors (Lipinski definition) is 1. The van der Waals surface area contributed by atoms with Gasteiger partial charge in [0.05, 0.1) is 22.7 Å². The van der Waals surface area contributed by atoms with Gasteiger partial charge in [0, 0.05) is 12.0 Å². The van der Waals surface area contributed by atoms with Crippen molar-refractivity contribution in [3.63, 3.8) is 0 Å². The number of aromatic nitrogens is 4. The molecule has 15 heteroatoms. The lowest BCUT2D eigenvalue weighted by molar-refractivity contribution is -0.137. The minimum absolute atomic E-state index is 0.0142. The van der Waals surface area contributed by atoms with E-state index in [1.807, 2.05) is 11.6 Å². The molecule has 2 aromatic heterocycles. The van der Waals surface area contributed by atoms with E-state index in [0.717, 1.165) is 23.6 Å². The van der Waals surface area contributed by atoms with Gasteiger partial charge < -0.3 is 4.42 Å². The van der Waals surface area contributed by atoms with Gasteiger partial charge in [-0.2, -0.15) is 17.9 Å². The normalized spacial score (nSPS) is 11.9. The van der Waals surface area contributed by atoms with Gasteiger partial charge in [0.2, 0.25) is 5.76 Å². The number of carbonyl (C=O) groups excluding carboxylic acids is 1. The summed E-state index contributed by atoms with van der Waals surface area (Å²) >= 11 is 5.78. The third-order valence-corrected chi connectivity index (χ3v) is 8.53. The van der Waals surface area contributed by atoms with E-state index in [9.17, 15) is 31.2 Å². The molecule has 2 heterocycles. The number of benzene rings is 3. The maximum atomic E-state index is 13.7. The molecule has 5 rings (SSSR count). The number of oxazole rings is 1. The highest BCUT2D eigenvalue weighted by Gasteiger charge is 2.35. The monoisotopic (exact) mass is 659 g/mol. The number of carbonyl (C=O) groups is 1. The predicted octanol–water partition coefficient (Wildman–Crippen LogP) is 5.87. The number of halogens is 4. The summed E-state index contributed by atoms with van der Waals surface area (Å²) in [7, 11) is -4.38. The van der Waals surface area contributed by atoms with Crippen LogP contribution in [-0.2, 0) is 29.2 Å². The van der Waals surface area contributed by atoms with Crippen LogP contribution in [0.3, 0.4) is 0 Å². The molecule has 0 bridgehead atoms. The molecule has 0 aliphatic rings. The third kappa shape index (κ3) is 6.71. The number of rotatable bonds is 10. The SMILES string of the molecule is CCCCc1nn(-c2ccccc2C(F)(F)F)c(=O)n1Cc1ccc(-c2ccccc2S(=O)(=O)NC(=O)c2ocnc2Cl)cc1. The third-order valence-electron chi connectivity index (χ3n) is 6.87. The second kappa shape index (κ2) is 12.7. The van der Waals surface area contributed by atoms with Crippen LogP contribution in [-0.4, -0.2) is 33.7 Å². The fourth-order valence-corrected chi connectivity index (χ4v) is 6.04. The number of para-hydroxylation sites is 1. The summed E-state index contributed by atoms with van der Waals surface area (Å²) in [5, 5.41) is 3.99. The first-order chi connectivity index (χ1) is 21.4. The van der Waals surface area contributed by atoms with E-state index in [1.54, 1.807) is 36.4 Å². The van der Waals surface area contributed by atoms with Crippen LogP contribution in [0.25, 0.3) is 16.8 Å². The molecule has 1 N–H and O–H groups in total. The van der Waals surface area contributed by atoms with Crippen molar-refractivity contribution in [3.8, 4) is 16.8 Å². The maximum absolute atomic E-state index is 13.7. The topological polar surface area (TPSA) is 129 Å². The van der Waals surface area contributed by atoms with Crippen molar-refractivity contribution in [1.29, 1.82) is 0 Å². The molecule has 3 aromatic carbocycles. The molecule has 10 nitrogen and oxygen atoms in total. The zero-order valence-electron chi connectivity index (χ0n) is 23.6. The molecule has 0 unspecified atom stereocenters. The number of nitrogens with one attached hydrogen (secondary N) is 1. The van der Waals surface area contributed by atoms with Crippen LogP contribution >= 0.6 is 11.6 Å². The van der Waals surface area contributed by atoms with E-state index in [-0.39, 0.29) is 27.8 Å². The second-order valence-corrected chi connectivity index (χ2v) is 11.9. The van der Waals surface area contributed by atoms with Crippen LogP contribution in [0.5, 0.6) is 0 Å². The van der Waals surface area contributed by atoms with E-state index in [1.165, 1.54) is 34.9 Å². The lowest BCUT2D eigenvalue weighted by Crippen LogP contribution is -2.30. The number of amides is 1. The Labute approximate surface area is 260 Å². The number of sulfonamides is 1. The number of alkyl halides is 3. The molecule has 45 heavy (non-hydrogen) atoms. The summed E-state index contributed by atoms with van der Waals surface area (Å²) in [6.07, 6.45) is -1.95. The van der Waals surface area contributed by atoms with Gasteiger partial charge in [-0.1, -0.05) is 79.5 Å². The van der Waals surface area contributed by atoms with Crippen molar-refractivity contribution >= 4 is 27.5 Å².